The minimum Gasteiger partial charge on any atom is -0.309 e. The average Bonchev–Trinajstić information content (AvgIpc) is 2.27. The maximum absolute atomic E-state index is 11.3. The fraction of sp³-hybridized carbons (Fsp3) is 1.00. The number of nitrogens with zero attached hydrogens (tertiary/aromatic N) is 2. The first-order chi connectivity index (χ1) is 6.99. The molecule has 0 aliphatic carbocycles. The number of sulfonamides is 1. The van der Waals surface area contributed by atoms with E-state index in [4.69, 9.17) is 0 Å². The molecular formula is C9H21N3O2S. The van der Waals surface area contributed by atoms with E-state index in [2.05, 4.69) is 28.6 Å². The Balaban J connectivity index is 2.26. The highest BCUT2D eigenvalue weighted by Gasteiger charge is 2.17. The molecule has 0 bridgehead atoms. The molecule has 6 heteroatoms. The molecule has 0 unspecified atom stereocenters. The first-order valence-electron chi connectivity index (χ1n) is 5.34. The normalized spacial score (nSPS) is 22.9. The van der Waals surface area contributed by atoms with Gasteiger partial charge in [-0.2, -0.15) is 0 Å². The largest absolute Gasteiger partial charge is 0.309 e. The Labute approximate surface area is 92.5 Å². The van der Waals surface area contributed by atoms with Gasteiger partial charge in [0.05, 0.1) is 5.75 Å². The number of hydrogen-bond acceptors (Lipinski definition) is 4. The molecule has 1 aliphatic heterocycles. The minimum atomic E-state index is -3.00. The van der Waals surface area contributed by atoms with Gasteiger partial charge in [0.25, 0.3) is 0 Å². The molecule has 1 saturated heterocycles. The standard InChI is InChI=1S/C9H21N3O2S/c1-11(2)5-3-6-12-7-4-10-15(13,14)9-8-12/h10H,3-9H2,1-2H3. The second-order valence-corrected chi connectivity index (χ2v) is 6.14. The smallest absolute Gasteiger partial charge is 0.212 e. The second kappa shape index (κ2) is 5.79. The third-order valence-corrected chi connectivity index (χ3v) is 3.87. The Morgan fingerprint density at radius 1 is 1.33 bits per heavy atom. The van der Waals surface area contributed by atoms with Crippen molar-refractivity contribution in [3.63, 3.8) is 0 Å². The van der Waals surface area contributed by atoms with Gasteiger partial charge in [-0.1, -0.05) is 0 Å². The Hall–Kier alpha value is -0.170. The predicted octanol–water partition coefficient (Wildman–Crippen LogP) is -0.827. The van der Waals surface area contributed by atoms with Gasteiger partial charge >= 0.3 is 0 Å². The molecule has 90 valence electrons. The van der Waals surface area contributed by atoms with Crippen molar-refractivity contribution in [1.82, 2.24) is 14.5 Å². The molecule has 15 heavy (non-hydrogen) atoms. The molecule has 0 amide bonds. The average molecular weight is 235 g/mol. The van der Waals surface area contributed by atoms with E-state index >= 15 is 0 Å². The van der Waals surface area contributed by atoms with Crippen molar-refractivity contribution in [3.05, 3.63) is 0 Å². The lowest BCUT2D eigenvalue weighted by Gasteiger charge is -2.19. The summed E-state index contributed by atoms with van der Waals surface area (Å²) in [5, 5.41) is 0. The summed E-state index contributed by atoms with van der Waals surface area (Å²) in [7, 11) is 1.10. The van der Waals surface area contributed by atoms with E-state index in [-0.39, 0.29) is 5.75 Å². The monoisotopic (exact) mass is 235 g/mol. The molecular weight excluding hydrogens is 214 g/mol. The summed E-state index contributed by atoms with van der Waals surface area (Å²) in [6, 6.07) is 0. The van der Waals surface area contributed by atoms with Crippen molar-refractivity contribution >= 4 is 10.0 Å². The van der Waals surface area contributed by atoms with E-state index < -0.39 is 10.0 Å². The molecule has 1 aliphatic rings. The van der Waals surface area contributed by atoms with Gasteiger partial charge in [0.15, 0.2) is 0 Å². The zero-order valence-electron chi connectivity index (χ0n) is 9.57. The summed E-state index contributed by atoms with van der Waals surface area (Å²) in [6.45, 7) is 4.06. The van der Waals surface area contributed by atoms with Gasteiger partial charge in [-0.05, 0) is 33.6 Å². The first kappa shape index (κ1) is 12.9. The third-order valence-electron chi connectivity index (χ3n) is 2.51. The van der Waals surface area contributed by atoms with E-state index in [1.54, 1.807) is 0 Å². The second-order valence-electron chi connectivity index (χ2n) is 4.21. The molecule has 1 N–H and O–H groups in total. The highest BCUT2D eigenvalue weighted by molar-refractivity contribution is 7.89. The van der Waals surface area contributed by atoms with E-state index in [1.807, 2.05) is 0 Å². The van der Waals surface area contributed by atoms with Crippen LogP contribution in [-0.4, -0.2) is 70.8 Å². The van der Waals surface area contributed by atoms with Crippen molar-refractivity contribution in [3.8, 4) is 0 Å². The van der Waals surface area contributed by atoms with Crippen molar-refractivity contribution in [1.29, 1.82) is 0 Å². The first-order valence-corrected chi connectivity index (χ1v) is 6.99. The van der Waals surface area contributed by atoms with Crippen LogP contribution in [0.3, 0.4) is 0 Å². The predicted molar refractivity (Wildman–Crippen MR) is 61.4 cm³/mol. The summed E-state index contributed by atoms with van der Waals surface area (Å²) >= 11 is 0. The molecule has 0 spiro atoms. The Bertz CT molecular complexity index is 277. The third kappa shape index (κ3) is 5.46. The lowest BCUT2D eigenvalue weighted by molar-refractivity contribution is 0.276. The summed E-state index contributed by atoms with van der Waals surface area (Å²) in [4.78, 5) is 4.36. The van der Waals surface area contributed by atoms with Gasteiger partial charge in [-0.25, -0.2) is 13.1 Å². The fourth-order valence-electron chi connectivity index (χ4n) is 1.63. The van der Waals surface area contributed by atoms with Crippen LogP contribution in [0.1, 0.15) is 6.42 Å². The van der Waals surface area contributed by atoms with Crippen LogP contribution in [0.4, 0.5) is 0 Å². The van der Waals surface area contributed by atoms with Gasteiger partial charge in [0.2, 0.25) is 10.0 Å². The van der Waals surface area contributed by atoms with Crippen molar-refractivity contribution < 1.29 is 8.42 Å². The fourth-order valence-corrected chi connectivity index (χ4v) is 2.67. The van der Waals surface area contributed by atoms with Crippen LogP contribution in [0.25, 0.3) is 0 Å². The van der Waals surface area contributed by atoms with Crippen LogP contribution in [0.15, 0.2) is 0 Å². The van der Waals surface area contributed by atoms with Crippen LogP contribution in [0.2, 0.25) is 0 Å². The molecule has 5 nitrogen and oxygen atoms in total. The summed E-state index contributed by atoms with van der Waals surface area (Å²) in [6.07, 6.45) is 1.09. The quantitative estimate of drug-likeness (QED) is 0.691. The SMILES string of the molecule is CN(C)CCCN1CCNS(=O)(=O)CC1. The minimum absolute atomic E-state index is 0.231. The topological polar surface area (TPSA) is 52.6 Å². The highest BCUT2D eigenvalue weighted by atomic mass is 32.2. The van der Waals surface area contributed by atoms with Crippen molar-refractivity contribution in [2.75, 3.05) is 52.6 Å². The molecule has 1 heterocycles. The van der Waals surface area contributed by atoms with Gasteiger partial charge in [-0.15, -0.1) is 0 Å². The molecule has 0 radical (unpaired) electrons. The molecule has 1 rings (SSSR count). The Kier molecular flexibility index (Phi) is 4.98. The lowest BCUT2D eigenvalue weighted by atomic mass is 10.3. The molecule has 0 aromatic heterocycles. The molecule has 0 aromatic carbocycles. The van der Waals surface area contributed by atoms with Gasteiger partial charge in [-0.3, -0.25) is 0 Å². The van der Waals surface area contributed by atoms with Crippen LogP contribution in [0.5, 0.6) is 0 Å². The zero-order valence-corrected chi connectivity index (χ0v) is 10.4. The zero-order chi connectivity index (χ0) is 11.3. The summed E-state index contributed by atoms with van der Waals surface area (Å²) in [5.41, 5.74) is 0. The Morgan fingerprint density at radius 2 is 2.07 bits per heavy atom. The van der Waals surface area contributed by atoms with Crippen molar-refractivity contribution in [2.45, 2.75) is 6.42 Å². The van der Waals surface area contributed by atoms with Crippen molar-refractivity contribution in [2.24, 2.45) is 0 Å². The van der Waals surface area contributed by atoms with Crippen LogP contribution in [0, 0.1) is 0 Å². The highest BCUT2D eigenvalue weighted by Crippen LogP contribution is 1.98. The molecule has 0 atom stereocenters. The summed E-state index contributed by atoms with van der Waals surface area (Å²) in [5.74, 6) is 0.231. The van der Waals surface area contributed by atoms with Crippen LogP contribution in [-0.2, 0) is 10.0 Å². The van der Waals surface area contributed by atoms with Gasteiger partial charge in [0, 0.05) is 19.6 Å². The maximum atomic E-state index is 11.3. The summed E-state index contributed by atoms with van der Waals surface area (Å²) < 4.78 is 25.1. The van der Waals surface area contributed by atoms with Crippen LogP contribution >= 0.6 is 0 Å². The maximum Gasteiger partial charge on any atom is 0.212 e. The van der Waals surface area contributed by atoms with E-state index in [0.29, 0.717) is 13.1 Å². The number of rotatable bonds is 4. The number of nitrogens with one attached hydrogen (secondary N) is 1. The molecule has 1 fully saturated rings. The van der Waals surface area contributed by atoms with E-state index in [1.165, 1.54) is 0 Å². The van der Waals surface area contributed by atoms with E-state index in [0.717, 1.165) is 26.1 Å². The molecule has 0 aromatic rings. The van der Waals surface area contributed by atoms with E-state index in [9.17, 15) is 8.42 Å². The number of hydrogen-bond donors (Lipinski definition) is 1. The molecule has 0 saturated carbocycles. The Morgan fingerprint density at radius 3 is 2.73 bits per heavy atom. The van der Waals surface area contributed by atoms with Gasteiger partial charge < -0.3 is 9.80 Å². The van der Waals surface area contributed by atoms with Gasteiger partial charge in [0.1, 0.15) is 0 Å². The lowest BCUT2D eigenvalue weighted by Crippen LogP contribution is -2.31. The van der Waals surface area contributed by atoms with Crippen LogP contribution < -0.4 is 4.72 Å².